The van der Waals surface area contributed by atoms with E-state index >= 15 is 0 Å². The number of ether oxygens (including phenoxy) is 1. The molecule has 1 aromatic carbocycles. The van der Waals surface area contributed by atoms with Crippen LogP contribution in [-0.2, 0) is 0 Å². The predicted molar refractivity (Wildman–Crippen MR) is 74.9 cm³/mol. The molecule has 1 heterocycles. The lowest BCUT2D eigenvalue weighted by Crippen LogP contribution is -2.36. The van der Waals surface area contributed by atoms with Gasteiger partial charge in [-0.05, 0) is 32.0 Å². The minimum atomic E-state index is -1.15. The summed E-state index contributed by atoms with van der Waals surface area (Å²) >= 11 is 0. The van der Waals surface area contributed by atoms with Crippen LogP contribution in [0.15, 0.2) is 39.5 Å². The minimum Gasteiger partial charge on any atom is -0.493 e. The molecule has 20 heavy (non-hydrogen) atoms. The Bertz CT molecular complexity index is 638. The van der Waals surface area contributed by atoms with Crippen molar-refractivity contribution in [1.82, 2.24) is 0 Å². The molecule has 108 valence electrons. The first-order valence-electron chi connectivity index (χ1n) is 6.43. The molecule has 5 nitrogen and oxygen atoms in total. The van der Waals surface area contributed by atoms with Gasteiger partial charge in [-0.3, -0.25) is 0 Å². The Balaban J connectivity index is 2.02. The third kappa shape index (κ3) is 3.59. The summed E-state index contributed by atoms with van der Waals surface area (Å²) in [4.78, 5) is 11.1. The van der Waals surface area contributed by atoms with Gasteiger partial charge < -0.3 is 19.4 Å². The highest BCUT2D eigenvalue weighted by Gasteiger charge is 2.23. The van der Waals surface area contributed by atoms with Crippen molar-refractivity contribution in [3.05, 3.63) is 40.8 Å². The van der Waals surface area contributed by atoms with E-state index in [-0.39, 0.29) is 6.61 Å². The van der Waals surface area contributed by atoms with Crippen LogP contribution in [0.1, 0.15) is 20.3 Å². The predicted octanol–water partition coefficient (Wildman–Crippen LogP) is 1.69. The van der Waals surface area contributed by atoms with Gasteiger partial charge in [-0.25, -0.2) is 4.79 Å². The van der Waals surface area contributed by atoms with Crippen LogP contribution in [0.3, 0.4) is 0 Å². The molecule has 0 aliphatic heterocycles. The van der Waals surface area contributed by atoms with E-state index in [0.29, 0.717) is 17.8 Å². The first kappa shape index (κ1) is 14.6. The molecule has 0 radical (unpaired) electrons. The van der Waals surface area contributed by atoms with Crippen LogP contribution in [-0.4, -0.2) is 28.5 Å². The molecule has 0 spiro atoms. The average Bonchev–Trinajstić information content (AvgIpc) is 2.37. The fourth-order valence-electron chi connectivity index (χ4n) is 1.77. The maximum Gasteiger partial charge on any atom is 0.336 e. The zero-order valence-corrected chi connectivity index (χ0v) is 11.5. The number of hydrogen-bond donors (Lipinski definition) is 2. The number of fused-ring (bicyclic) bond motifs is 1. The summed E-state index contributed by atoms with van der Waals surface area (Å²) in [7, 11) is 0. The molecular weight excluding hydrogens is 260 g/mol. The molecule has 2 N–H and O–H groups in total. The Morgan fingerprint density at radius 3 is 2.70 bits per heavy atom. The normalized spacial score (nSPS) is 13.4. The molecule has 0 amide bonds. The van der Waals surface area contributed by atoms with E-state index in [9.17, 15) is 15.0 Å². The van der Waals surface area contributed by atoms with Crippen LogP contribution >= 0.6 is 0 Å². The zero-order valence-electron chi connectivity index (χ0n) is 11.5. The van der Waals surface area contributed by atoms with Crippen molar-refractivity contribution in [3.63, 3.8) is 0 Å². The number of rotatable bonds is 5. The number of hydrogen-bond acceptors (Lipinski definition) is 5. The second-order valence-electron chi connectivity index (χ2n) is 5.26. The molecule has 0 unspecified atom stereocenters. The van der Waals surface area contributed by atoms with Gasteiger partial charge in [-0.1, -0.05) is 0 Å². The molecule has 1 aromatic heterocycles. The summed E-state index contributed by atoms with van der Waals surface area (Å²) in [5.74, 6) is 0.551. The van der Waals surface area contributed by atoms with Crippen LogP contribution < -0.4 is 10.4 Å². The highest BCUT2D eigenvalue weighted by Crippen LogP contribution is 2.20. The molecule has 2 rings (SSSR count). The lowest BCUT2D eigenvalue weighted by molar-refractivity contribution is -0.0557. The van der Waals surface area contributed by atoms with Crippen LogP contribution in [0.25, 0.3) is 11.0 Å². The number of benzene rings is 1. The fraction of sp³-hybridized carbons (Fsp3) is 0.400. The maximum absolute atomic E-state index is 11.1. The van der Waals surface area contributed by atoms with Gasteiger partial charge in [-0.15, -0.1) is 0 Å². The largest absolute Gasteiger partial charge is 0.493 e. The van der Waals surface area contributed by atoms with Crippen molar-refractivity contribution in [2.75, 3.05) is 6.61 Å². The first-order chi connectivity index (χ1) is 9.36. The van der Waals surface area contributed by atoms with Gasteiger partial charge in [0.15, 0.2) is 0 Å². The third-order valence-corrected chi connectivity index (χ3v) is 3.07. The SMILES string of the molecule is CC(C)(O)[C@@H](O)CCOc1ccc2ccc(=O)oc2c1. The van der Waals surface area contributed by atoms with Crippen molar-refractivity contribution >= 4 is 11.0 Å². The maximum atomic E-state index is 11.1. The molecule has 5 heteroatoms. The van der Waals surface area contributed by atoms with E-state index in [1.165, 1.54) is 6.07 Å². The Hall–Kier alpha value is -1.85. The molecule has 2 aromatic rings. The van der Waals surface area contributed by atoms with Gasteiger partial charge in [0.2, 0.25) is 0 Å². The van der Waals surface area contributed by atoms with Gasteiger partial charge in [0.25, 0.3) is 0 Å². The van der Waals surface area contributed by atoms with Crippen molar-refractivity contribution in [1.29, 1.82) is 0 Å². The summed E-state index contributed by atoms with van der Waals surface area (Å²) in [5.41, 5.74) is -1.11. The molecule has 0 aliphatic carbocycles. The standard InChI is InChI=1S/C15H18O5/c1-15(2,18)13(16)7-8-19-11-5-3-10-4-6-14(17)20-12(10)9-11/h3-6,9,13,16,18H,7-8H2,1-2H3/t13-/m0/s1. The van der Waals surface area contributed by atoms with Crippen LogP contribution in [0.2, 0.25) is 0 Å². The van der Waals surface area contributed by atoms with Gasteiger partial charge >= 0.3 is 5.63 Å². The zero-order chi connectivity index (χ0) is 14.8. The molecule has 0 saturated carbocycles. The first-order valence-corrected chi connectivity index (χ1v) is 6.43. The van der Waals surface area contributed by atoms with Crippen molar-refractivity contribution in [3.8, 4) is 5.75 Å². The third-order valence-electron chi connectivity index (χ3n) is 3.07. The quantitative estimate of drug-likeness (QED) is 0.814. The lowest BCUT2D eigenvalue weighted by atomic mass is 10.00. The second-order valence-corrected chi connectivity index (χ2v) is 5.26. The van der Waals surface area contributed by atoms with Gasteiger partial charge in [0.1, 0.15) is 11.3 Å². The van der Waals surface area contributed by atoms with Crippen molar-refractivity contribution in [2.24, 2.45) is 0 Å². The molecule has 1 atom stereocenters. The summed E-state index contributed by atoms with van der Waals surface area (Å²) in [5, 5.41) is 20.1. The molecule has 0 saturated heterocycles. The molecule has 0 fully saturated rings. The smallest absolute Gasteiger partial charge is 0.336 e. The lowest BCUT2D eigenvalue weighted by Gasteiger charge is -2.24. The van der Waals surface area contributed by atoms with E-state index < -0.39 is 17.3 Å². The Morgan fingerprint density at radius 2 is 2.00 bits per heavy atom. The summed E-state index contributed by atoms with van der Waals surface area (Å²) < 4.78 is 10.5. The summed E-state index contributed by atoms with van der Waals surface area (Å²) in [6.45, 7) is 3.35. The number of aliphatic hydroxyl groups is 2. The van der Waals surface area contributed by atoms with E-state index in [1.807, 2.05) is 0 Å². The van der Waals surface area contributed by atoms with E-state index in [4.69, 9.17) is 9.15 Å². The minimum absolute atomic E-state index is 0.258. The van der Waals surface area contributed by atoms with Crippen LogP contribution in [0.5, 0.6) is 5.75 Å². The van der Waals surface area contributed by atoms with E-state index in [1.54, 1.807) is 38.1 Å². The molecular formula is C15H18O5. The van der Waals surface area contributed by atoms with Gasteiger partial charge in [0, 0.05) is 23.9 Å². The topological polar surface area (TPSA) is 79.9 Å². The highest BCUT2D eigenvalue weighted by molar-refractivity contribution is 5.77. The average molecular weight is 278 g/mol. The van der Waals surface area contributed by atoms with Gasteiger partial charge in [-0.2, -0.15) is 0 Å². The summed E-state index contributed by atoms with van der Waals surface area (Å²) in [6, 6.07) is 8.23. The highest BCUT2D eigenvalue weighted by atomic mass is 16.5. The Morgan fingerprint density at radius 1 is 1.30 bits per heavy atom. The Labute approximate surface area is 116 Å². The van der Waals surface area contributed by atoms with E-state index in [2.05, 4.69) is 0 Å². The van der Waals surface area contributed by atoms with E-state index in [0.717, 1.165) is 5.39 Å². The molecule has 0 aliphatic rings. The molecule has 0 bridgehead atoms. The monoisotopic (exact) mass is 278 g/mol. The second kappa shape index (κ2) is 5.64. The van der Waals surface area contributed by atoms with Crippen molar-refractivity contribution in [2.45, 2.75) is 32.0 Å². The fourth-order valence-corrected chi connectivity index (χ4v) is 1.77. The van der Waals surface area contributed by atoms with Gasteiger partial charge in [0.05, 0.1) is 18.3 Å². The summed E-state index contributed by atoms with van der Waals surface area (Å²) in [6.07, 6.45) is -0.554. The van der Waals surface area contributed by atoms with Crippen molar-refractivity contribution < 1.29 is 19.4 Å². The van der Waals surface area contributed by atoms with Crippen LogP contribution in [0.4, 0.5) is 0 Å². The number of aliphatic hydroxyl groups excluding tert-OH is 1. The van der Waals surface area contributed by atoms with Crippen LogP contribution in [0, 0.1) is 0 Å². The Kier molecular flexibility index (Phi) is 4.11.